The molecule has 0 saturated heterocycles. The van der Waals surface area contributed by atoms with Gasteiger partial charge in [-0.25, -0.2) is 5.48 Å². The van der Waals surface area contributed by atoms with Gasteiger partial charge in [0.25, 0.3) is 0 Å². The Morgan fingerprint density at radius 2 is 1.95 bits per heavy atom. The molecule has 0 aliphatic heterocycles. The van der Waals surface area contributed by atoms with E-state index in [1.54, 1.807) is 5.48 Å². The maximum Gasteiger partial charge on any atom is 0.243 e. The Morgan fingerprint density at radius 1 is 1.21 bits per heavy atom. The second-order valence-corrected chi connectivity index (χ2v) is 4.51. The number of ether oxygens (including phenoxy) is 1. The number of benzene rings is 1. The van der Waals surface area contributed by atoms with Gasteiger partial charge in [0.1, 0.15) is 5.75 Å². The van der Waals surface area contributed by atoms with Crippen molar-refractivity contribution in [3.8, 4) is 5.75 Å². The number of carbonyl (C=O) groups excluding carboxylic acids is 1. The lowest BCUT2D eigenvalue weighted by Crippen LogP contribution is -2.17. The van der Waals surface area contributed by atoms with E-state index in [1.165, 1.54) is 5.56 Å². The zero-order chi connectivity index (χ0) is 13.9. The fourth-order valence-electron chi connectivity index (χ4n) is 1.92. The number of aryl methyl sites for hydroxylation is 1. The Kier molecular flexibility index (Phi) is 7.66. The summed E-state index contributed by atoms with van der Waals surface area (Å²) in [7, 11) is 0. The lowest BCUT2D eigenvalue weighted by atomic mass is 10.1. The quantitative estimate of drug-likeness (QED) is 0.410. The van der Waals surface area contributed by atoms with Crippen molar-refractivity contribution in [3.63, 3.8) is 0 Å². The van der Waals surface area contributed by atoms with Crippen molar-refractivity contribution in [2.24, 2.45) is 0 Å². The van der Waals surface area contributed by atoms with Crippen LogP contribution in [0.5, 0.6) is 5.75 Å². The number of hydrogen-bond acceptors (Lipinski definition) is 3. The van der Waals surface area contributed by atoms with Crippen LogP contribution in [0.3, 0.4) is 0 Å². The highest BCUT2D eigenvalue weighted by molar-refractivity contribution is 5.74. The van der Waals surface area contributed by atoms with E-state index in [2.05, 4.69) is 13.0 Å². The summed E-state index contributed by atoms with van der Waals surface area (Å²) >= 11 is 0. The Labute approximate surface area is 114 Å². The summed E-state index contributed by atoms with van der Waals surface area (Å²) in [5, 5.41) is 8.33. The molecule has 106 valence electrons. The van der Waals surface area contributed by atoms with Crippen LogP contribution in [0.1, 0.15) is 44.6 Å². The van der Waals surface area contributed by atoms with E-state index in [0.29, 0.717) is 13.0 Å². The van der Waals surface area contributed by atoms with E-state index < -0.39 is 0 Å². The van der Waals surface area contributed by atoms with Crippen LogP contribution in [0, 0.1) is 0 Å². The molecule has 0 heterocycles. The molecule has 0 unspecified atom stereocenters. The summed E-state index contributed by atoms with van der Waals surface area (Å²) < 4.78 is 5.76. The van der Waals surface area contributed by atoms with Gasteiger partial charge in [-0.15, -0.1) is 0 Å². The molecule has 0 fully saturated rings. The maximum absolute atomic E-state index is 10.8. The minimum Gasteiger partial charge on any atom is -0.493 e. The van der Waals surface area contributed by atoms with Crippen LogP contribution in [-0.4, -0.2) is 17.7 Å². The Hall–Kier alpha value is -1.55. The molecule has 0 bridgehead atoms. The van der Waals surface area contributed by atoms with Crippen LogP contribution in [0.15, 0.2) is 24.3 Å². The third kappa shape index (κ3) is 6.25. The number of nitrogens with one attached hydrogen (secondary N) is 1. The zero-order valence-corrected chi connectivity index (χ0v) is 11.5. The fourth-order valence-corrected chi connectivity index (χ4v) is 1.92. The maximum atomic E-state index is 10.8. The highest BCUT2D eigenvalue weighted by Gasteiger charge is 2.01. The molecule has 1 aromatic rings. The fraction of sp³-hybridized carbons (Fsp3) is 0.533. The topological polar surface area (TPSA) is 58.6 Å². The third-order valence-electron chi connectivity index (χ3n) is 3.03. The first kappa shape index (κ1) is 15.5. The lowest BCUT2D eigenvalue weighted by Gasteiger charge is -2.09. The summed E-state index contributed by atoms with van der Waals surface area (Å²) in [4.78, 5) is 10.8. The predicted molar refractivity (Wildman–Crippen MR) is 74.3 cm³/mol. The Balaban J connectivity index is 2.09. The average Bonchev–Trinajstić information content (AvgIpc) is 2.46. The molecule has 0 atom stereocenters. The van der Waals surface area contributed by atoms with Gasteiger partial charge in [-0.1, -0.05) is 38.0 Å². The number of hydrogen-bond donors (Lipinski definition) is 2. The van der Waals surface area contributed by atoms with E-state index in [0.717, 1.165) is 37.9 Å². The minimum atomic E-state index is -0.312. The van der Waals surface area contributed by atoms with Crippen molar-refractivity contribution in [1.82, 2.24) is 5.48 Å². The van der Waals surface area contributed by atoms with Gasteiger partial charge in [0.2, 0.25) is 5.91 Å². The van der Waals surface area contributed by atoms with Crippen molar-refractivity contribution in [1.29, 1.82) is 0 Å². The van der Waals surface area contributed by atoms with E-state index in [-0.39, 0.29) is 5.91 Å². The van der Waals surface area contributed by atoms with Crippen LogP contribution in [0.25, 0.3) is 0 Å². The van der Waals surface area contributed by atoms with Gasteiger partial charge in [0.15, 0.2) is 0 Å². The molecular weight excluding hydrogens is 242 g/mol. The molecule has 19 heavy (non-hydrogen) atoms. The van der Waals surface area contributed by atoms with Gasteiger partial charge >= 0.3 is 0 Å². The van der Waals surface area contributed by atoms with Crippen molar-refractivity contribution in [3.05, 3.63) is 29.8 Å². The van der Waals surface area contributed by atoms with Crippen LogP contribution in [0.2, 0.25) is 0 Å². The SMILES string of the molecule is CCc1ccccc1OCCCCCCC(=O)NO. The first-order valence-electron chi connectivity index (χ1n) is 6.91. The van der Waals surface area contributed by atoms with E-state index >= 15 is 0 Å². The van der Waals surface area contributed by atoms with Crippen LogP contribution in [-0.2, 0) is 11.2 Å². The smallest absolute Gasteiger partial charge is 0.243 e. The monoisotopic (exact) mass is 265 g/mol. The molecule has 4 heteroatoms. The second kappa shape index (κ2) is 9.39. The Morgan fingerprint density at radius 3 is 2.68 bits per heavy atom. The molecule has 1 amide bonds. The average molecular weight is 265 g/mol. The van der Waals surface area contributed by atoms with Crippen molar-refractivity contribution in [2.45, 2.75) is 45.4 Å². The largest absolute Gasteiger partial charge is 0.493 e. The third-order valence-corrected chi connectivity index (χ3v) is 3.03. The normalized spacial score (nSPS) is 10.2. The van der Waals surface area contributed by atoms with E-state index in [9.17, 15) is 4.79 Å². The molecule has 1 aromatic carbocycles. The summed E-state index contributed by atoms with van der Waals surface area (Å²) in [5.74, 6) is 0.665. The van der Waals surface area contributed by atoms with Crippen LogP contribution < -0.4 is 10.2 Å². The number of hydroxylamine groups is 1. The highest BCUT2D eigenvalue weighted by atomic mass is 16.5. The lowest BCUT2D eigenvalue weighted by molar-refractivity contribution is -0.129. The van der Waals surface area contributed by atoms with Gasteiger partial charge in [0.05, 0.1) is 6.61 Å². The van der Waals surface area contributed by atoms with Crippen molar-refractivity contribution in [2.75, 3.05) is 6.61 Å². The summed E-state index contributed by atoms with van der Waals surface area (Å²) in [6, 6.07) is 8.10. The number of para-hydroxylation sites is 1. The summed E-state index contributed by atoms with van der Waals surface area (Å²) in [6.45, 7) is 2.83. The molecule has 0 aliphatic carbocycles. The number of unbranched alkanes of at least 4 members (excludes halogenated alkanes) is 3. The molecule has 0 radical (unpaired) electrons. The van der Waals surface area contributed by atoms with Gasteiger partial charge in [-0.3, -0.25) is 10.0 Å². The molecule has 0 aromatic heterocycles. The Bertz CT molecular complexity index is 379. The van der Waals surface area contributed by atoms with Gasteiger partial charge in [-0.2, -0.15) is 0 Å². The summed E-state index contributed by atoms with van der Waals surface area (Å²) in [5.41, 5.74) is 2.88. The predicted octanol–water partition coefficient (Wildman–Crippen LogP) is 3.08. The zero-order valence-electron chi connectivity index (χ0n) is 11.5. The molecule has 0 saturated carbocycles. The molecule has 4 nitrogen and oxygen atoms in total. The van der Waals surface area contributed by atoms with Crippen molar-refractivity contribution < 1.29 is 14.7 Å². The molecule has 1 rings (SSSR count). The molecule has 0 aliphatic rings. The van der Waals surface area contributed by atoms with Crippen LogP contribution >= 0.6 is 0 Å². The molecular formula is C15H23NO3. The van der Waals surface area contributed by atoms with Gasteiger partial charge in [-0.05, 0) is 30.9 Å². The summed E-state index contributed by atoms with van der Waals surface area (Å²) in [6.07, 6.45) is 5.17. The van der Waals surface area contributed by atoms with Gasteiger partial charge in [0, 0.05) is 6.42 Å². The standard InChI is InChI=1S/C15H23NO3/c1-2-13-9-6-7-10-14(13)19-12-8-4-3-5-11-15(17)16-18/h6-7,9-10,18H,2-5,8,11-12H2,1H3,(H,16,17). The van der Waals surface area contributed by atoms with Gasteiger partial charge < -0.3 is 4.74 Å². The number of carbonyl (C=O) groups is 1. The first-order chi connectivity index (χ1) is 9.27. The number of amides is 1. The first-order valence-corrected chi connectivity index (χ1v) is 6.91. The number of rotatable bonds is 9. The van der Waals surface area contributed by atoms with Crippen LogP contribution in [0.4, 0.5) is 0 Å². The minimum absolute atomic E-state index is 0.312. The van der Waals surface area contributed by atoms with E-state index in [4.69, 9.17) is 9.94 Å². The molecule has 2 N–H and O–H groups in total. The second-order valence-electron chi connectivity index (χ2n) is 4.51. The van der Waals surface area contributed by atoms with Crippen molar-refractivity contribution >= 4 is 5.91 Å². The molecule has 0 spiro atoms. The highest BCUT2D eigenvalue weighted by Crippen LogP contribution is 2.18. The van der Waals surface area contributed by atoms with E-state index in [1.807, 2.05) is 18.2 Å².